The van der Waals surface area contributed by atoms with Crippen LogP contribution in [0.25, 0.3) is 0 Å². The predicted octanol–water partition coefficient (Wildman–Crippen LogP) is 2.38. The lowest BCUT2D eigenvalue weighted by molar-refractivity contribution is 0.00545. The molecular formula is C14H23NO2. The second kappa shape index (κ2) is 6.62. The smallest absolute Gasteiger partial charge is 0.119 e. The molecule has 0 spiro atoms. The van der Waals surface area contributed by atoms with Crippen LogP contribution in [0.5, 0.6) is 5.75 Å². The average molecular weight is 237 g/mol. The van der Waals surface area contributed by atoms with Crippen LogP contribution in [0.4, 0.5) is 0 Å². The zero-order chi connectivity index (χ0) is 12.7. The van der Waals surface area contributed by atoms with Gasteiger partial charge < -0.3 is 15.2 Å². The molecule has 0 bridgehead atoms. The second-order valence-corrected chi connectivity index (χ2v) is 4.75. The van der Waals surface area contributed by atoms with Gasteiger partial charge in [-0.1, -0.05) is 12.1 Å². The lowest BCUT2D eigenvalue weighted by atomic mass is 10.1. The van der Waals surface area contributed by atoms with Crippen LogP contribution in [0, 0.1) is 0 Å². The minimum atomic E-state index is -0.130. The van der Waals surface area contributed by atoms with E-state index in [0.29, 0.717) is 13.2 Å². The van der Waals surface area contributed by atoms with Crippen molar-refractivity contribution in [3.8, 4) is 5.75 Å². The van der Waals surface area contributed by atoms with Crippen molar-refractivity contribution in [2.45, 2.75) is 32.3 Å². The van der Waals surface area contributed by atoms with Crippen molar-refractivity contribution in [2.75, 3.05) is 20.3 Å². The first kappa shape index (κ1) is 14.0. The molecule has 0 aliphatic carbocycles. The van der Waals surface area contributed by atoms with Crippen LogP contribution >= 0.6 is 0 Å². The minimum absolute atomic E-state index is 0.130. The number of rotatable bonds is 7. The van der Waals surface area contributed by atoms with Crippen LogP contribution in [0.3, 0.4) is 0 Å². The Morgan fingerprint density at radius 3 is 2.71 bits per heavy atom. The third-order valence-electron chi connectivity index (χ3n) is 2.86. The predicted molar refractivity (Wildman–Crippen MR) is 70.4 cm³/mol. The summed E-state index contributed by atoms with van der Waals surface area (Å²) in [5.74, 6) is 0.905. The molecule has 0 amide bonds. The highest BCUT2D eigenvalue weighted by Gasteiger charge is 2.15. The van der Waals surface area contributed by atoms with Gasteiger partial charge in [-0.2, -0.15) is 0 Å². The van der Waals surface area contributed by atoms with Gasteiger partial charge in [0.05, 0.1) is 12.2 Å². The van der Waals surface area contributed by atoms with E-state index in [1.807, 2.05) is 18.2 Å². The van der Waals surface area contributed by atoms with Crippen LogP contribution < -0.4 is 10.5 Å². The molecule has 3 nitrogen and oxygen atoms in total. The van der Waals surface area contributed by atoms with E-state index in [1.54, 1.807) is 7.11 Å². The molecule has 96 valence electrons. The summed E-state index contributed by atoms with van der Waals surface area (Å²) in [6.45, 7) is 5.44. The lowest BCUT2D eigenvalue weighted by Gasteiger charge is -2.22. The molecule has 1 aromatic rings. The fraction of sp³-hybridized carbons (Fsp3) is 0.571. The Labute approximate surface area is 104 Å². The maximum Gasteiger partial charge on any atom is 0.119 e. The fourth-order valence-corrected chi connectivity index (χ4v) is 1.47. The topological polar surface area (TPSA) is 44.5 Å². The van der Waals surface area contributed by atoms with Crippen LogP contribution in [0.1, 0.15) is 25.8 Å². The molecule has 3 heteroatoms. The van der Waals surface area contributed by atoms with E-state index in [0.717, 1.165) is 18.6 Å². The van der Waals surface area contributed by atoms with E-state index in [2.05, 4.69) is 19.9 Å². The summed E-state index contributed by atoms with van der Waals surface area (Å²) in [6, 6.07) is 8.09. The van der Waals surface area contributed by atoms with E-state index in [1.165, 1.54) is 5.56 Å². The summed E-state index contributed by atoms with van der Waals surface area (Å²) in [5.41, 5.74) is 6.62. The van der Waals surface area contributed by atoms with Gasteiger partial charge in [-0.3, -0.25) is 0 Å². The van der Waals surface area contributed by atoms with E-state index in [4.69, 9.17) is 15.2 Å². The van der Waals surface area contributed by atoms with Gasteiger partial charge in [0.1, 0.15) is 5.75 Å². The average Bonchev–Trinajstić information content (AvgIpc) is 2.30. The molecule has 1 aromatic carbocycles. The summed E-state index contributed by atoms with van der Waals surface area (Å²) in [4.78, 5) is 0. The first-order valence-corrected chi connectivity index (χ1v) is 6.04. The summed E-state index contributed by atoms with van der Waals surface area (Å²) >= 11 is 0. The van der Waals surface area contributed by atoms with Crippen LogP contribution in [0.15, 0.2) is 24.3 Å². The van der Waals surface area contributed by atoms with Gasteiger partial charge in [-0.05, 0) is 44.5 Å². The van der Waals surface area contributed by atoms with Crippen molar-refractivity contribution in [3.63, 3.8) is 0 Å². The standard InChI is InChI=1S/C14H23NO2/c1-14(2,16-3)8-10-17-13-6-4-5-12(11-13)7-9-15/h4-6,11H,7-10,15H2,1-3H3. The highest BCUT2D eigenvalue weighted by Crippen LogP contribution is 2.17. The van der Waals surface area contributed by atoms with Gasteiger partial charge in [0, 0.05) is 13.5 Å². The molecule has 0 radical (unpaired) electrons. The molecule has 0 heterocycles. The van der Waals surface area contributed by atoms with E-state index in [-0.39, 0.29) is 5.60 Å². The number of hydrogen-bond donors (Lipinski definition) is 1. The summed E-state index contributed by atoms with van der Waals surface area (Å²) in [6.07, 6.45) is 1.76. The fourth-order valence-electron chi connectivity index (χ4n) is 1.47. The molecule has 0 aliphatic rings. The molecule has 0 aliphatic heterocycles. The van der Waals surface area contributed by atoms with Crippen molar-refractivity contribution in [3.05, 3.63) is 29.8 Å². The SMILES string of the molecule is COC(C)(C)CCOc1cccc(CCN)c1. The number of nitrogens with two attached hydrogens (primary N) is 1. The highest BCUT2D eigenvalue weighted by atomic mass is 16.5. The quantitative estimate of drug-likeness (QED) is 0.792. The minimum Gasteiger partial charge on any atom is -0.493 e. The van der Waals surface area contributed by atoms with Crippen molar-refractivity contribution in [2.24, 2.45) is 5.73 Å². The number of methoxy groups -OCH3 is 1. The zero-order valence-corrected chi connectivity index (χ0v) is 11.0. The first-order chi connectivity index (χ1) is 8.07. The van der Waals surface area contributed by atoms with E-state index >= 15 is 0 Å². The second-order valence-electron chi connectivity index (χ2n) is 4.75. The third kappa shape index (κ3) is 5.20. The third-order valence-corrected chi connectivity index (χ3v) is 2.86. The Bertz CT molecular complexity index is 337. The molecule has 0 saturated heterocycles. The van der Waals surface area contributed by atoms with Crippen molar-refractivity contribution < 1.29 is 9.47 Å². The lowest BCUT2D eigenvalue weighted by Crippen LogP contribution is -2.25. The van der Waals surface area contributed by atoms with Crippen LogP contribution in [-0.2, 0) is 11.2 Å². The Morgan fingerprint density at radius 1 is 1.29 bits per heavy atom. The Hall–Kier alpha value is -1.06. The summed E-state index contributed by atoms with van der Waals surface area (Å²) in [5, 5.41) is 0. The zero-order valence-electron chi connectivity index (χ0n) is 11.0. The molecule has 0 aromatic heterocycles. The molecule has 2 N–H and O–H groups in total. The highest BCUT2D eigenvalue weighted by molar-refractivity contribution is 5.28. The normalized spacial score (nSPS) is 11.5. The molecule has 0 atom stereocenters. The molecule has 0 unspecified atom stereocenters. The van der Waals surface area contributed by atoms with Gasteiger partial charge in [-0.25, -0.2) is 0 Å². The van der Waals surface area contributed by atoms with Gasteiger partial charge in [0.25, 0.3) is 0 Å². The van der Waals surface area contributed by atoms with Gasteiger partial charge in [0.15, 0.2) is 0 Å². The summed E-state index contributed by atoms with van der Waals surface area (Å²) in [7, 11) is 1.72. The van der Waals surface area contributed by atoms with Gasteiger partial charge in [-0.15, -0.1) is 0 Å². The molecule has 1 rings (SSSR count). The monoisotopic (exact) mass is 237 g/mol. The molecular weight excluding hydrogens is 214 g/mol. The van der Waals surface area contributed by atoms with Crippen molar-refractivity contribution >= 4 is 0 Å². The Balaban J connectivity index is 2.44. The number of ether oxygens (including phenoxy) is 2. The van der Waals surface area contributed by atoms with E-state index < -0.39 is 0 Å². The molecule has 0 saturated carbocycles. The van der Waals surface area contributed by atoms with Crippen molar-refractivity contribution in [1.29, 1.82) is 0 Å². The van der Waals surface area contributed by atoms with Crippen molar-refractivity contribution in [1.82, 2.24) is 0 Å². The molecule has 17 heavy (non-hydrogen) atoms. The van der Waals surface area contributed by atoms with Crippen LogP contribution in [0.2, 0.25) is 0 Å². The number of benzene rings is 1. The maximum atomic E-state index is 5.71. The summed E-state index contributed by atoms with van der Waals surface area (Å²) < 4.78 is 11.1. The van der Waals surface area contributed by atoms with Gasteiger partial charge >= 0.3 is 0 Å². The maximum absolute atomic E-state index is 5.71. The van der Waals surface area contributed by atoms with Gasteiger partial charge in [0.2, 0.25) is 0 Å². The van der Waals surface area contributed by atoms with E-state index in [9.17, 15) is 0 Å². The number of hydrogen-bond acceptors (Lipinski definition) is 3. The first-order valence-electron chi connectivity index (χ1n) is 6.04. The largest absolute Gasteiger partial charge is 0.493 e. The Kier molecular flexibility index (Phi) is 5.45. The Morgan fingerprint density at radius 2 is 2.06 bits per heavy atom. The van der Waals surface area contributed by atoms with Crippen LogP contribution in [-0.4, -0.2) is 25.9 Å². The molecule has 0 fully saturated rings.